The molecule has 412 valence electrons. The van der Waals surface area contributed by atoms with Crippen molar-refractivity contribution in [3.63, 3.8) is 0 Å². The highest BCUT2D eigenvalue weighted by atomic mass is 16.5. The van der Waals surface area contributed by atoms with Crippen LogP contribution in [0.4, 0.5) is 17.2 Å². The first kappa shape index (κ1) is 53.0. The summed E-state index contributed by atoms with van der Waals surface area (Å²) in [6, 6.07) is 23.4. The molecule has 2 saturated carbocycles. The van der Waals surface area contributed by atoms with Gasteiger partial charge in [0.05, 0.1) is 47.4 Å². The number of anilines is 3. The quantitative estimate of drug-likeness (QED) is 0.0723. The summed E-state index contributed by atoms with van der Waals surface area (Å²) in [5, 5.41) is 46.1. The van der Waals surface area contributed by atoms with Gasteiger partial charge in [0, 0.05) is 99.2 Å². The van der Waals surface area contributed by atoms with E-state index in [0.29, 0.717) is 58.2 Å². The molecule has 2 unspecified atom stereocenters. The van der Waals surface area contributed by atoms with Crippen molar-refractivity contribution in [3.8, 4) is 34.8 Å². The molecule has 2 aromatic carbocycles. The molecule has 78 heavy (non-hydrogen) atoms. The molecule has 2 amide bonds. The molecule has 6 aliphatic rings. The van der Waals surface area contributed by atoms with Crippen LogP contribution in [0.2, 0.25) is 0 Å². The van der Waals surface area contributed by atoms with Crippen LogP contribution in [0.1, 0.15) is 121 Å². The molecule has 0 spiro atoms. The fourth-order valence-electron chi connectivity index (χ4n) is 12.9. The molecule has 11 rings (SSSR count). The Balaban J connectivity index is 0.609. The van der Waals surface area contributed by atoms with Crippen LogP contribution >= 0.6 is 0 Å². The van der Waals surface area contributed by atoms with Crippen molar-refractivity contribution in [3.05, 3.63) is 95.9 Å². The predicted molar refractivity (Wildman–Crippen MR) is 292 cm³/mol. The number of carbonyl (C=O) groups excluding carboxylic acids is 2. The van der Waals surface area contributed by atoms with Crippen LogP contribution in [-0.4, -0.2) is 139 Å². The number of fused-ring (bicyclic) bond motifs is 2. The Bertz CT molecular complexity index is 2970. The van der Waals surface area contributed by atoms with Gasteiger partial charge in [-0.1, -0.05) is 38.1 Å². The number of hydrogen-bond acceptors (Lipinski definition) is 17. The van der Waals surface area contributed by atoms with Crippen LogP contribution in [0.25, 0.3) is 11.3 Å². The van der Waals surface area contributed by atoms with Crippen molar-refractivity contribution in [1.82, 2.24) is 35.5 Å². The highest BCUT2D eigenvalue weighted by Gasteiger charge is 2.48. The van der Waals surface area contributed by atoms with Gasteiger partial charge in [0.1, 0.15) is 29.9 Å². The molecule has 0 radical (unpaired) electrons. The van der Waals surface area contributed by atoms with Gasteiger partial charge < -0.3 is 54.7 Å². The summed E-state index contributed by atoms with van der Waals surface area (Å²) in [5.41, 5.74) is 10.9. The number of phenolic OH excluding ortho intramolecular Hbond substituents is 1. The minimum absolute atomic E-state index is 0.0225. The number of aliphatic hydroxyl groups is 1. The number of β-amino-alcohol motifs (C(OH)–C–C–N with tert-alkyl or cyclic N) is 1. The van der Waals surface area contributed by atoms with Gasteiger partial charge in [-0.15, -0.1) is 10.2 Å². The average Bonchev–Trinajstić information content (AvgIpc) is 4.19. The maximum atomic E-state index is 14.2. The van der Waals surface area contributed by atoms with Gasteiger partial charge in [-0.25, -0.2) is 4.98 Å². The Morgan fingerprint density at radius 1 is 0.846 bits per heavy atom. The number of para-hydroxylation sites is 1. The highest BCUT2D eigenvalue weighted by Crippen LogP contribution is 2.44. The number of aromatic nitrogens is 4. The molecule has 2 aliphatic carbocycles. The third-order valence-electron chi connectivity index (χ3n) is 17.7. The van der Waals surface area contributed by atoms with E-state index >= 15 is 0 Å². The average molecular weight is 1060 g/mol. The van der Waals surface area contributed by atoms with Crippen molar-refractivity contribution < 1.29 is 38.5 Å². The molecule has 19 heteroatoms. The van der Waals surface area contributed by atoms with Crippen LogP contribution in [-0.2, 0) is 14.3 Å². The number of rotatable bonds is 17. The minimum atomic E-state index is -0.850. The number of nitrogens with zero attached hydrogens (tertiary/aromatic N) is 9. The lowest BCUT2D eigenvalue weighted by atomic mass is 9.69. The van der Waals surface area contributed by atoms with Gasteiger partial charge in [-0.2, -0.15) is 5.26 Å². The van der Waals surface area contributed by atoms with E-state index in [-0.39, 0.29) is 72.4 Å². The summed E-state index contributed by atoms with van der Waals surface area (Å²) in [6.45, 7) is 13.9. The van der Waals surface area contributed by atoms with Gasteiger partial charge in [0.25, 0.3) is 5.88 Å². The Hall–Kier alpha value is -7.01. The lowest BCUT2D eigenvalue weighted by molar-refractivity contribution is -0.141. The molecule has 2 bridgehead atoms. The predicted octanol–water partition coefficient (Wildman–Crippen LogP) is 7.15. The zero-order valence-corrected chi connectivity index (χ0v) is 45.3. The maximum Gasteiger partial charge on any atom is 0.254 e. The van der Waals surface area contributed by atoms with Crippen molar-refractivity contribution in [2.24, 2.45) is 11.8 Å². The number of phenols is 1. The number of amides is 2. The summed E-state index contributed by atoms with van der Waals surface area (Å²) < 4.78 is 25.2. The summed E-state index contributed by atoms with van der Waals surface area (Å²) in [6.07, 6.45) is 9.14. The van der Waals surface area contributed by atoms with Crippen molar-refractivity contribution in [2.45, 2.75) is 159 Å². The summed E-state index contributed by atoms with van der Waals surface area (Å²) in [4.78, 5) is 41.4. The number of aromatic hydroxyl groups is 1. The first-order chi connectivity index (χ1) is 37.6. The normalized spacial score (nSPS) is 26.2. The van der Waals surface area contributed by atoms with Crippen LogP contribution in [0.3, 0.4) is 0 Å². The number of aliphatic hydroxyl groups excluding tert-OH is 1. The zero-order chi connectivity index (χ0) is 54.4. The number of nitriles is 1. The number of ether oxygens (including phenoxy) is 3. The number of benzene rings is 2. The lowest BCUT2D eigenvalue weighted by Crippen LogP contribution is -2.58. The monoisotopic (exact) mass is 1060 g/mol. The van der Waals surface area contributed by atoms with E-state index in [1.807, 2.05) is 45.2 Å². The van der Waals surface area contributed by atoms with Gasteiger partial charge in [0.2, 0.25) is 17.7 Å². The van der Waals surface area contributed by atoms with Crippen LogP contribution in [0, 0.1) is 23.2 Å². The van der Waals surface area contributed by atoms with Crippen LogP contribution in [0.5, 0.6) is 17.5 Å². The Labute approximate surface area is 456 Å². The number of hydrogen-bond donors (Lipinski definition) is 4. The number of nitrogen functional groups attached to an aromatic ring is 1. The number of pyridine rings is 1. The third kappa shape index (κ3) is 10.9. The first-order valence-electron chi connectivity index (χ1n) is 28.0. The molecule has 19 nitrogen and oxygen atoms in total. The zero-order valence-electron chi connectivity index (χ0n) is 45.3. The molecule has 4 saturated heterocycles. The van der Waals surface area contributed by atoms with Crippen molar-refractivity contribution in [2.75, 3.05) is 48.3 Å². The second-order valence-electron chi connectivity index (χ2n) is 23.4. The topological polar surface area (TPSA) is 242 Å². The molecule has 6 atom stereocenters. The fourth-order valence-corrected chi connectivity index (χ4v) is 12.9. The number of carbonyl (C=O) groups is 2. The first-order valence-corrected chi connectivity index (χ1v) is 28.0. The van der Waals surface area contributed by atoms with Crippen LogP contribution in [0.15, 0.2) is 83.5 Å². The number of piperidine rings is 1. The lowest BCUT2D eigenvalue weighted by Gasteiger charge is -2.52. The van der Waals surface area contributed by atoms with E-state index in [4.69, 9.17) is 29.7 Å². The van der Waals surface area contributed by atoms with Gasteiger partial charge in [-0.05, 0) is 118 Å². The molecule has 5 N–H and O–H groups in total. The third-order valence-corrected chi connectivity index (χ3v) is 17.7. The van der Waals surface area contributed by atoms with Crippen molar-refractivity contribution >= 4 is 29.0 Å². The maximum absolute atomic E-state index is 14.2. The summed E-state index contributed by atoms with van der Waals surface area (Å²) in [5.74, 6) is 0.774. The summed E-state index contributed by atoms with van der Waals surface area (Å²) >= 11 is 0. The second kappa shape index (κ2) is 22.0. The molecule has 5 aromatic rings. The number of nitrogens with two attached hydrogens (primary N) is 1. The Morgan fingerprint density at radius 2 is 1.55 bits per heavy atom. The largest absolute Gasteiger partial charge is 0.507 e. The standard InChI is InChI=1S/C59H73N11O8/c1-34(2)55(58(74)69-33-42(71)25-50(69)57(73)63-35(3)37-12-10-36(30-60)11-13-37)52-29-54(66-78-52)77-44-22-38(23-44)59(4,5)68-20-17-43(18-21-68)75-45-26-46(27-45)76-53-24-39(16-19-62-53)70-40-14-15-41(70)32-67(31-40)49-28-48(64-65-56(49)61)47-8-6-7-9-51(47)72/h6-13,16,19,24,28-29,34-35,38,40-46,50,55,71-72H,14-15,17-18,20-23,25-27,31-33H2,1-5H3,(H2,61,65)(H,63,73)/t35-,38?,40?,41?,42+,44?,45?,46?,50-,55-/m0/s1. The van der Waals surface area contributed by atoms with Crippen molar-refractivity contribution in [1.29, 1.82) is 5.26 Å². The summed E-state index contributed by atoms with van der Waals surface area (Å²) in [7, 11) is 0. The Kier molecular flexibility index (Phi) is 15.0. The van der Waals surface area contributed by atoms with Gasteiger partial charge in [-0.3, -0.25) is 14.5 Å². The van der Waals surface area contributed by atoms with E-state index in [1.54, 1.807) is 42.5 Å². The molecular formula is C59H73N11O8. The van der Waals surface area contributed by atoms with E-state index < -0.39 is 18.1 Å². The molecule has 6 fully saturated rings. The molecule has 4 aliphatic heterocycles. The molecule has 3 aromatic heterocycles. The smallest absolute Gasteiger partial charge is 0.254 e. The number of nitrogens with one attached hydrogen (secondary N) is 1. The van der Waals surface area contributed by atoms with Gasteiger partial charge >= 0.3 is 0 Å². The SMILES string of the molecule is CC(C)[C@H](C(=O)N1C[C@H](O)C[C@H]1C(=O)N[C@@H](C)c1ccc(C#N)cc1)c1cc(OC2CC(C(C)(C)N3CCC(OC4CC(Oc5cc(N6C7CCC6CN(c6cc(-c8ccccc8O)nnc6N)C7)ccn5)C4)CC3)C2)no1. The highest BCUT2D eigenvalue weighted by molar-refractivity contribution is 5.91. The number of likely N-dealkylation sites (tertiary alicyclic amines) is 2. The molecule has 7 heterocycles. The van der Waals surface area contributed by atoms with E-state index in [2.05, 4.69) is 72.4 Å². The van der Waals surface area contributed by atoms with Gasteiger partial charge in [0.15, 0.2) is 11.6 Å². The second-order valence-corrected chi connectivity index (χ2v) is 23.4. The molecular weight excluding hydrogens is 991 g/mol. The van der Waals surface area contributed by atoms with E-state index in [9.17, 15) is 19.8 Å². The van der Waals surface area contributed by atoms with E-state index in [0.717, 1.165) is 94.5 Å². The fraction of sp³-hybridized carbons (Fsp3) is 0.542. The minimum Gasteiger partial charge on any atom is -0.507 e. The Morgan fingerprint density at radius 3 is 2.26 bits per heavy atom. The number of piperazine rings is 1. The van der Waals surface area contributed by atoms with E-state index in [1.165, 1.54) is 4.90 Å². The van der Waals surface area contributed by atoms with Crippen LogP contribution < -0.4 is 30.3 Å².